The highest BCUT2D eigenvalue weighted by Crippen LogP contribution is 2.39. The minimum atomic E-state index is -0.617. The average Bonchev–Trinajstić information content (AvgIpc) is 3.59. The number of carbonyl (C=O) groups is 2. The first kappa shape index (κ1) is 25.4. The number of aromatic nitrogens is 2. The zero-order valence-corrected chi connectivity index (χ0v) is 21.9. The van der Waals surface area contributed by atoms with E-state index in [1.807, 2.05) is 73.7 Å². The Morgan fingerprint density at radius 1 is 1.05 bits per heavy atom. The molecule has 3 heterocycles. The lowest BCUT2D eigenvalue weighted by Crippen LogP contribution is -2.19. The number of carbonyl (C=O) groups excluding carboxylic acids is 2. The lowest BCUT2D eigenvalue weighted by Gasteiger charge is -2.14. The second kappa shape index (κ2) is 10.7. The normalized spacial score (nSPS) is 14.9. The van der Waals surface area contributed by atoms with Gasteiger partial charge in [-0.3, -0.25) is 14.9 Å². The fraction of sp³-hybridized carbons (Fsp3) is 0.194. The van der Waals surface area contributed by atoms with Crippen LogP contribution in [-0.4, -0.2) is 41.0 Å². The van der Waals surface area contributed by atoms with E-state index < -0.39 is 12.1 Å². The van der Waals surface area contributed by atoms with Crippen LogP contribution in [0, 0.1) is 6.92 Å². The van der Waals surface area contributed by atoms with E-state index in [1.54, 1.807) is 12.4 Å². The van der Waals surface area contributed by atoms with Gasteiger partial charge in [-0.2, -0.15) is 0 Å². The molecule has 1 atom stereocenters. The highest BCUT2D eigenvalue weighted by molar-refractivity contribution is 6.18. The van der Waals surface area contributed by atoms with E-state index in [-0.39, 0.29) is 12.7 Å². The van der Waals surface area contributed by atoms with Gasteiger partial charge >= 0.3 is 12.1 Å². The van der Waals surface area contributed by atoms with Gasteiger partial charge in [-0.15, -0.1) is 0 Å². The highest BCUT2D eigenvalue weighted by Gasteiger charge is 2.22. The number of anilines is 1. The summed E-state index contributed by atoms with van der Waals surface area (Å²) in [4.78, 5) is 29.7. The third-order valence-corrected chi connectivity index (χ3v) is 7.13. The molecule has 0 aliphatic carbocycles. The highest BCUT2D eigenvalue weighted by atomic mass is 16.6. The summed E-state index contributed by atoms with van der Waals surface area (Å²) in [6.45, 7) is 3.29. The third kappa shape index (κ3) is 4.83. The summed E-state index contributed by atoms with van der Waals surface area (Å²) < 4.78 is 18.4. The van der Waals surface area contributed by atoms with Gasteiger partial charge in [0.2, 0.25) is 0 Å². The van der Waals surface area contributed by atoms with Crippen LogP contribution in [-0.2, 0) is 16.1 Å². The van der Waals surface area contributed by atoms with Gasteiger partial charge in [-0.25, -0.2) is 9.59 Å². The van der Waals surface area contributed by atoms with Gasteiger partial charge in [-0.1, -0.05) is 42.5 Å². The summed E-state index contributed by atoms with van der Waals surface area (Å²) in [7, 11) is 0. The quantitative estimate of drug-likeness (QED) is 0.275. The molecule has 1 fully saturated rings. The first-order valence-corrected chi connectivity index (χ1v) is 13.0. The molecule has 3 N–H and O–H groups in total. The maximum atomic E-state index is 12.6. The van der Waals surface area contributed by atoms with Crippen LogP contribution in [0.25, 0.3) is 32.9 Å². The minimum absolute atomic E-state index is 0.0293. The van der Waals surface area contributed by atoms with Gasteiger partial charge in [-0.05, 0) is 41.8 Å². The number of hydrogen-bond donors (Lipinski definition) is 2. The average molecular weight is 537 g/mol. The zero-order valence-electron chi connectivity index (χ0n) is 21.9. The molecule has 0 radical (unpaired) electrons. The van der Waals surface area contributed by atoms with Crippen LogP contribution < -0.4 is 15.8 Å². The van der Waals surface area contributed by atoms with Crippen LogP contribution in [0.5, 0.6) is 5.75 Å². The summed E-state index contributed by atoms with van der Waals surface area (Å²) in [5, 5.41) is 4.51. The third-order valence-electron chi connectivity index (χ3n) is 7.13. The number of pyridine rings is 1. The predicted octanol–water partition coefficient (Wildman–Crippen LogP) is 6.01. The number of nitrogens with zero attached hydrogens (tertiary/aromatic N) is 2. The molecule has 2 amide bonds. The first-order chi connectivity index (χ1) is 19.5. The zero-order chi connectivity index (χ0) is 27.6. The standard InChI is InChI=1S/C31H28N4O5/c1-19-23(8-5-9-26(19)34-31(37)39-17-20-6-3-2-4-7-20)25-15-33-16-28-29(25)24-11-10-21(40-22-12-13-38-18-22)14-27(24)35(28)30(32)36/h2-11,14-16,22H,12-13,17-18H2,1H3,(H2,32,36)(H,34,37). The smallest absolute Gasteiger partial charge is 0.411 e. The van der Waals surface area contributed by atoms with Crippen molar-refractivity contribution in [3.8, 4) is 16.9 Å². The van der Waals surface area contributed by atoms with E-state index in [4.69, 9.17) is 19.9 Å². The number of nitrogens with two attached hydrogens (primary N) is 1. The van der Waals surface area contributed by atoms with Crippen LogP contribution in [0.15, 0.2) is 79.1 Å². The molecule has 3 aromatic carbocycles. The summed E-state index contributed by atoms with van der Waals surface area (Å²) in [5.74, 6) is 0.638. The Kier molecular flexibility index (Phi) is 6.79. The molecule has 9 heteroatoms. The van der Waals surface area contributed by atoms with Crippen molar-refractivity contribution >= 4 is 39.6 Å². The Morgan fingerprint density at radius 3 is 2.67 bits per heavy atom. The molecule has 1 aliphatic rings. The number of nitrogens with one attached hydrogen (secondary N) is 1. The van der Waals surface area contributed by atoms with Crippen LogP contribution in [0.2, 0.25) is 0 Å². The second-order valence-corrected chi connectivity index (χ2v) is 9.70. The summed E-state index contributed by atoms with van der Waals surface area (Å²) in [6.07, 6.45) is 3.62. The second-order valence-electron chi connectivity index (χ2n) is 9.70. The van der Waals surface area contributed by atoms with Gasteiger partial charge in [0.25, 0.3) is 0 Å². The van der Waals surface area contributed by atoms with Gasteiger partial charge < -0.3 is 19.9 Å². The molecule has 40 heavy (non-hydrogen) atoms. The predicted molar refractivity (Wildman–Crippen MR) is 152 cm³/mol. The molecular weight excluding hydrogens is 508 g/mol. The number of primary amides is 1. The lowest BCUT2D eigenvalue weighted by molar-refractivity contribution is 0.141. The molecule has 1 saturated heterocycles. The fourth-order valence-electron chi connectivity index (χ4n) is 5.18. The molecule has 1 aliphatic heterocycles. The molecule has 2 aromatic heterocycles. The topological polar surface area (TPSA) is 118 Å². The van der Waals surface area contributed by atoms with Crippen molar-refractivity contribution in [2.45, 2.75) is 26.1 Å². The number of benzene rings is 3. The van der Waals surface area contributed by atoms with E-state index >= 15 is 0 Å². The SMILES string of the molecule is Cc1c(NC(=O)OCc2ccccc2)cccc1-c1cncc2c1c1ccc(OC3CCOC3)cc1n2C(N)=O. The Hall–Kier alpha value is -4.89. The summed E-state index contributed by atoms with van der Waals surface area (Å²) in [5.41, 5.74) is 11.1. The minimum Gasteiger partial charge on any atom is -0.488 e. The van der Waals surface area contributed by atoms with Crippen LogP contribution in [0.4, 0.5) is 15.3 Å². The molecule has 0 saturated carbocycles. The molecular formula is C31H28N4O5. The van der Waals surface area contributed by atoms with Gasteiger partial charge in [0, 0.05) is 40.7 Å². The van der Waals surface area contributed by atoms with Crippen molar-refractivity contribution in [1.29, 1.82) is 0 Å². The van der Waals surface area contributed by atoms with Crippen molar-refractivity contribution in [1.82, 2.24) is 9.55 Å². The van der Waals surface area contributed by atoms with E-state index in [0.717, 1.165) is 39.4 Å². The lowest BCUT2D eigenvalue weighted by atomic mass is 9.96. The van der Waals surface area contributed by atoms with E-state index in [0.29, 0.717) is 35.7 Å². The molecule has 0 spiro atoms. The van der Waals surface area contributed by atoms with Crippen LogP contribution in [0.1, 0.15) is 17.5 Å². The van der Waals surface area contributed by atoms with Crippen molar-refractivity contribution in [2.24, 2.45) is 5.73 Å². The van der Waals surface area contributed by atoms with Gasteiger partial charge in [0.1, 0.15) is 18.5 Å². The van der Waals surface area contributed by atoms with Crippen LogP contribution in [0.3, 0.4) is 0 Å². The van der Waals surface area contributed by atoms with E-state index in [1.165, 1.54) is 4.57 Å². The van der Waals surface area contributed by atoms with Crippen LogP contribution >= 0.6 is 0 Å². The van der Waals surface area contributed by atoms with Gasteiger partial charge in [0.15, 0.2) is 0 Å². The number of amides is 2. The van der Waals surface area contributed by atoms with Crippen molar-refractivity contribution < 1.29 is 23.8 Å². The van der Waals surface area contributed by atoms with E-state index in [9.17, 15) is 9.59 Å². The Bertz CT molecular complexity index is 1720. The first-order valence-electron chi connectivity index (χ1n) is 13.0. The molecule has 6 rings (SSSR count). The molecule has 5 aromatic rings. The Balaban J connectivity index is 1.37. The van der Waals surface area contributed by atoms with E-state index in [2.05, 4.69) is 10.3 Å². The van der Waals surface area contributed by atoms with Gasteiger partial charge in [0.05, 0.1) is 30.4 Å². The fourth-order valence-corrected chi connectivity index (χ4v) is 5.18. The van der Waals surface area contributed by atoms with Crippen molar-refractivity contribution in [3.63, 3.8) is 0 Å². The van der Waals surface area contributed by atoms with Crippen molar-refractivity contribution in [2.75, 3.05) is 18.5 Å². The number of fused-ring (bicyclic) bond motifs is 3. The molecule has 9 nitrogen and oxygen atoms in total. The molecule has 1 unspecified atom stereocenters. The number of ether oxygens (including phenoxy) is 3. The monoisotopic (exact) mass is 536 g/mol. The summed E-state index contributed by atoms with van der Waals surface area (Å²) in [6, 6.07) is 20.2. The largest absolute Gasteiger partial charge is 0.488 e. The molecule has 0 bridgehead atoms. The summed E-state index contributed by atoms with van der Waals surface area (Å²) >= 11 is 0. The molecule has 202 valence electrons. The number of hydrogen-bond acceptors (Lipinski definition) is 6. The van der Waals surface area contributed by atoms with Crippen molar-refractivity contribution in [3.05, 3.63) is 90.3 Å². The number of rotatable bonds is 6. The maximum absolute atomic E-state index is 12.6. The maximum Gasteiger partial charge on any atom is 0.411 e. The Morgan fingerprint density at radius 2 is 1.90 bits per heavy atom. The Labute approximate surface area is 230 Å².